The van der Waals surface area contributed by atoms with Crippen LogP contribution in [0, 0.1) is 6.92 Å². The minimum absolute atomic E-state index is 0.166. The average Bonchev–Trinajstić information content (AvgIpc) is 2.99. The molecule has 4 heteroatoms. The molecule has 0 aliphatic carbocycles. The van der Waals surface area contributed by atoms with Crippen LogP contribution in [0.1, 0.15) is 34.7 Å². The number of halogens is 3. The van der Waals surface area contributed by atoms with Crippen molar-refractivity contribution in [3.63, 3.8) is 0 Å². The van der Waals surface area contributed by atoms with E-state index in [9.17, 15) is 13.2 Å². The lowest BCUT2D eigenvalue weighted by Crippen LogP contribution is -2.27. The molecule has 0 saturated heterocycles. The fourth-order valence-electron chi connectivity index (χ4n) is 4.09. The van der Waals surface area contributed by atoms with Gasteiger partial charge < -0.3 is 4.74 Å². The zero-order chi connectivity index (χ0) is 19.2. The fraction of sp³-hybridized carbons (Fsp3) is 0.217. The number of fused-ring (bicyclic) bond motifs is 1. The van der Waals surface area contributed by atoms with E-state index < -0.39 is 17.3 Å². The van der Waals surface area contributed by atoms with E-state index >= 15 is 0 Å². The van der Waals surface area contributed by atoms with E-state index in [-0.39, 0.29) is 17.7 Å². The first-order valence-corrected chi connectivity index (χ1v) is 8.81. The van der Waals surface area contributed by atoms with Crippen LogP contribution in [0.2, 0.25) is 0 Å². The Bertz CT molecular complexity index is 978. The first-order valence-electron chi connectivity index (χ1n) is 8.81. The Morgan fingerprint density at radius 2 is 1.52 bits per heavy atom. The Hall–Kier alpha value is -2.59. The maximum Gasteiger partial charge on any atom is 0.417 e. The van der Waals surface area contributed by atoms with Gasteiger partial charge in [0.1, 0.15) is 5.60 Å². The molecule has 27 heavy (non-hydrogen) atoms. The predicted molar refractivity (Wildman–Crippen MR) is 99.3 cm³/mol. The molecule has 0 aromatic heterocycles. The van der Waals surface area contributed by atoms with Gasteiger partial charge in [-0.2, -0.15) is 13.2 Å². The molecule has 0 saturated carbocycles. The van der Waals surface area contributed by atoms with E-state index in [2.05, 4.69) is 0 Å². The van der Waals surface area contributed by atoms with E-state index in [0.717, 1.165) is 5.56 Å². The predicted octanol–water partition coefficient (Wildman–Crippen LogP) is 6.47. The number of ether oxygens (including phenoxy) is 1. The van der Waals surface area contributed by atoms with Crippen molar-refractivity contribution in [1.29, 1.82) is 0 Å². The zero-order valence-electron chi connectivity index (χ0n) is 15.1. The molecule has 1 aliphatic rings. The topological polar surface area (TPSA) is 9.23 Å². The van der Waals surface area contributed by atoms with Crippen molar-refractivity contribution in [3.05, 3.63) is 94.5 Å². The Labute approximate surface area is 156 Å². The van der Waals surface area contributed by atoms with Gasteiger partial charge in [0.15, 0.2) is 0 Å². The van der Waals surface area contributed by atoms with Crippen molar-refractivity contribution in [3.8, 4) is 11.1 Å². The smallest absolute Gasteiger partial charge is 0.361 e. The highest BCUT2D eigenvalue weighted by Gasteiger charge is 2.48. The zero-order valence-corrected chi connectivity index (χ0v) is 15.1. The van der Waals surface area contributed by atoms with Gasteiger partial charge in [-0.1, -0.05) is 66.7 Å². The standard InChI is InChI=1S/C23H19F3O/c1-15-13-17-14-27-22(2,18-11-7-4-8-12-18)20(17)21(23(24,25)26)19(15)16-9-5-3-6-10-16/h3-13H,14H2,1-2H3. The second-order valence-corrected chi connectivity index (χ2v) is 7.03. The molecule has 1 heterocycles. The molecular formula is C23H19F3O. The lowest BCUT2D eigenvalue weighted by molar-refractivity contribution is -0.139. The van der Waals surface area contributed by atoms with Crippen molar-refractivity contribution in [2.24, 2.45) is 0 Å². The van der Waals surface area contributed by atoms with Gasteiger partial charge in [-0.25, -0.2) is 0 Å². The number of benzene rings is 3. The van der Waals surface area contributed by atoms with Crippen LogP contribution in [0.3, 0.4) is 0 Å². The summed E-state index contributed by atoms with van der Waals surface area (Å²) in [5.74, 6) is 0. The van der Waals surface area contributed by atoms with Gasteiger partial charge in [0.2, 0.25) is 0 Å². The van der Waals surface area contributed by atoms with Crippen LogP contribution >= 0.6 is 0 Å². The Kier molecular flexibility index (Phi) is 4.11. The number of hydrogen-bond donors (Lipinski definition) is 0. The van der Waals surface area contributed by atoms with Gasteiger partial charge >= 0.3 is 6.18 Å². The number of aryl methyl sites for hydroxylation is 1. The Balaban J connectivity index is 2.08. The monoisotopic (exact) mass is 368 g/mol. The van der Waals surface area contributed by atoms with Crippen molar-refractivity contribution in [1.82, 2.24) is 0 Å². The van der Waals surface area contributed by atoms with Crippen LogP contribution in [-0.2, 0) is 23.1 Å². The summed E-state index contributed by atoms with van der Waals surface area (Å²) < 4.78 is 49.1. The van der Waals surface area contributed by atoms with E-state index in [1.807, 2.05) is 36.4 Å². The Morgan fingerprint density at radius 1 is 0.926 bits per heavy atom. The van der Waals surface area contributed by atoms with Crippen LogP contribution in [-0.4, -0.2) is 0 Å². The summed E-state index contributed by atoms with van der Waals surface area (Å²) >= 11 is 0. The largest absolute Gasteiger partial charge is 0.417 e. The van der Waals surface area contributed by atoms with E-state index in [4.69, 9.17) is 4.74 Å². The summed E-state index contributed by atoms with van der Waals surface area (Å²) in [6, 6.07) is 19.7. The molecule has 0 N–H and O–H groups in total. The quantitative estimate of drug-likeness (QED) is 0.503. The third-order valence-electron chi connectivity index (χ3n) is 5.27. The number of hydrogen-bond acceptors (Lipinski definition) is 1. The minimum Gasteiger partial charge on any atom is -0.361 e. The molecule has 1 aliphatic heterocycles. The number of alkyl halides is 3. The molecule has 1 atom stereocenters. The minimum atomic E-state index is -4.50. The highest BCUT2D eigenvalue weighted by molar-refractivity contribution is 5.75. The summed E-state index contributed by atoms with van der Waals surface area (Å²) in [7, 11) is 0. The van der Waals surface area contributed by atoms with Crippen LogP contribution in [0.4, 0.5) is 13.2 Å². The molecular weight excluding hydrogens is 349 g/mol. The molecule has 3 aromatic carbocycles. The molecule has 0 bridgehead atoms. The van der Waals surface area contributed by atoms with Crippen molar-refractivity contribution < 1.29 is 17.9 Å². The highest BCUT2D eigenvalue weighted by Crippen LogP contribution is 2.51. The SMILES string of the molecule is Cc1cc2c(c(C(F)(F)F)c1-c1ccccc1)C(C)(c1ccccc1)OC2. The molecule has 0 amide bonds. The molecule has 1 unspecified atom stereocenters. The molecule has 3 aromatic rings. The summed E-state index contributed by atoms with van der Waals surface area (Å²) in [4.78, 5) is 0. The second kappa shape index (κ2) is 6.24. The molecule has 1 nitrogen and oxygen atoms in total. The van der Waals surface area contributed by atoms with Gasteiger partial charge in [0.05, 0.1) is 12.2 Å². The molecule has 0 fully saturated rings. The van der Waals surface area contributed by atoms with Gasteiger partial charge in [-0.15, -0.1) is 0 Å². The summed E-state index contributed by atoms with van der Waals surface area (Å²) in [6.07, 6.45) is -4.50. The van der Waals surface area contributed by atoms with Crippen molar-refractivity contribution in [2.75, 3.05) is 0 Å². The lowest BCUT2D eigenvalue weighted by atomic mass is 9.79. The van der Waals surface area contributed by atoms with Crippen LogP contribution in [0.5, 0.6) is 0 Å². The maximum absolute atomic E-state index is 14.4. The van der Waals surface area contributed by atoms with Gasteiger partial charge in [0, 0.05) is 5.56 Å². The molecule has 138 valence electrons. The van der Waals surface area contributed by atoms with E-state index in [0.29, 0.717) is 16.7 Å². The fourth-order valence-corrected chi connectivity index (χ4v) is 4.09. The van der Waals surface area contributed by atoms with Crippen LogP contribution in [0.15, 0.2) is 66.7 Å². The highest BCUT2D eigenvalue weighted by atomic mass is 19.4. The number of rotatable bonds is 2. The summed E-state index contributed by atoms with van der Waals surface area (Å²) in [5.41, 5.74) is 1.22. The van der Waals surface area contributed by atoms with Gasteiger partial charge in [0.25, 0.3) is 0 Å². The average molecular weight is 368 g/mol. The molecule has 0 spiro atoms. The third-order valence-corrected chi connectivity index (χ3v) is 5.27. The summed E-state index contributed by atoms with van der Waals surface area (Å²) in [6.45, 7) is 3.63. The van der Waals surface area contributed by atoms with Gasteiger partial charge in [-0.3, -0.25) is 0 Å². The normalized spacial score (nSPS) is 19.1. The van der Waals surface area contributed by atoms with E-state index in [1.165, 1.54) is 0 Å². The molecule has 4 rings (SSSR count). The van der Waals surface area contributed by atoms with Crippen molar-refractivity contribution >= 4 is 0 Å². The first-order chi connectivity index (χ1) is 12.8. The summed E-state index contributed by atoms with van der Waals surface area (Å²) in [5, 5.41) is 0. The third kappa shape index (κ3) is 2.85. The first kappa shape index (κ1) is 17.8. The lowest BCUT2D eigenvalue weighted by Gasteiger charge is -2.30. The van der Waals surface area contributed by atoms with Gasteiger partial charge in [-0.05, 0) is 41.7 Å². The second-order valence-electron chi connectivity index (χ2n) is 7.03. The van der Waals surface area contributed by atoms with Crippen LogP contribution < -0.4 is 0 Å². The van der Waals surface area contributed by atoms with Crippen LogP contribution in [0.25, 0.3) is 11.1 Å². The maximum atomic E-state index is 14.4. The van der Waals surface area contributed by atoms with Crippen molar-refractivity contribution in [2.45, 2.75) is 32.2 Å². The molecule has 0 radical (unpaired) electrons. The van der Waals surface area contributed by atoms with E-state index in [1.54, 1.807) is 44.2 Å². The Morgan fingerprint density at radius 3 is 2.11 bits per heavy atom.